The molecule has 0 heterocycles. The Bertz CT molecular complexity index is 487. The molecule has 3 nitrogen and oxygen atoms in total. The fourth-order valence-electron chi connectivity index (χ4n) is 2.03. The summed E-state index contributed by atoms with van der Waals surface area (Å²) in [7, 11) is 0. The molecule has 0 aliphatic heterocycles. The van der Waals surface area contributed by atoms with Gasteiger partial charge >= 0.3 is 5.97 Å². The normalized spacial score (nSPS) is 17.3. The minimum Gasteiger partial charge on any atom is -0.459 e. The van der Waals surface area contributed by atoms with Crippen LogP contribution >= 0.6 is 0 Å². The van der Waals surface area contributed by atoms with Crippen LogP contribution in [0.3, 0.4) is 0 Å². The van der Waals surface area contributed by atoms with Crippen molar-refractivity contribution < 1.29 is 13.9 Å². The second-order valence-corrected chi connectivity index (χ2v) is 5.82. The van der Waals surface area contributed by atoms with Crippen LogP contribution < -0.4 is 5.73 Å². The summed E-state index contributed by atoms with van der Waals surface area (Å²) in [6.07, 6.45) is 1.32. The average molecular weight is 251 g/mol. The van der Waals surface area contributed by atoms with Crippen LogP contribution in [0.5, 0.6) is 0 Å². The largest absolute Gasteiger partial charge is 0.459 e. The van der Waals surface area contributed by atoms with Crippen LogP contribution in [0.2, 0.25) is 0 Å². The Kier molecular flexibility index (Phi) is 2.84. The number of carbonyl (C=O) groups excluding carboxylic acids is 1. The molecule has 0 aromatic heterocycles. The number of esters is 1. The summed E-state index contributed by atoms with van der Waals surface area (Å²) in [6.45, 7) is 5.45. The number of rotatable bonds is 2. The first kappa shape index (κ1) is 12.9. The molecule has 0 amide bonds. The van der Waals surface area contributed by atoms with Crippen molar-refractivity contribution in [1.82, 2.24) is 0 Å². The topological polar surface area (TPSA) is 52.3 Å². The Morgan fingerprint density at radius 2 is 2.00 bits per heavy atom. The van der Waals surface area contributed by atoms with Gasteiger partial charge in [0.2, 0.25) is 0 Å². The molecule has 4 heteroatoms. The first-order valence-electron chi connectivity index (χ1n) is 6.04. The van der Waals surface area contributed by atoms with Crippen LogP contribution in [0, 0.1) is 5.82 Å². The van der Waals surface area contributed by atoms with Gasteiger partial charge in [0, 0.05) is 5.69 Å². The molecule has 0 saturated heterocycles. The van der Waals surface area contributed by atoms with Gasteiger partial charge in [0.1, 0.15) is 11.4 Å². The molecule has 2 N–H and O–H groups in total. The van der Waals surface area contributed by atoms with Crippen molar-refractivity contribution >= 4 is 11.7 Å². The van der Waals surface area contributed by atoms with Crippen LogP contribution in [-0.4, -0.2) is 11.6 Å². The number of benzene rings is 1. The molecule has 18 heavy (non-hydrogen) atoms. The molecular formula is C14H18FNO2. The second-order valence-electron chi connectivity index (χ2n) is 5.82. The van der Waals surface area contributed by atoms with Gasteiger partial charge < -0.3 is 10.5 Å². The van der Waals surface area contributed by atoms with Crippen molar-refractivity contribution in [2.75, 3.05) is 5.73 Å². The van der Waals surface area contributed by atoms with E-state index in [1.807, 2.05) is 20.8 Å². The molecule has 1 fully saturated rings. The Morgan fingerprint density at radius 3 is 2.50 bits per heavy atom. The van der Waals surface area contributed by atoms with Gasteiger partial charge in [-0.3, -0.25) is 4.79 Å². The third-order valence-electron chi connectivity index (χ3n) is 3.07. The number of carbonyl (C=O) groups is 1. The van der Waals surface area contributed by atoms with Gasteiger partial charge in [0.15, 0.2) is 0 Å². The van der Waals surface area contributed by atoms with Gasteiger partial charge in [-0.25, -0.2) is 4.39 Å². The monoisotopic (exact) mass is 251 g/mol. The average Bonchev–Trinajstić information content (AvgIpc) is 3.00. The molecule has 1 aliphatic carbocycles. The van der Waals surface area contributed by atoms with Gasteiger partial charge in [-0.05, 0) is 57.4 Å². The lowest BCUT2D eigenvalue weighted by atomic mass is 9.94. The minimum atomic E-state index is -0.737. The van der Waals surface area contributed by atoms with Crippen molar-refractivity contribution in [1.29, 1.82) is 0 Å². The van der Waals surface area contributed by atoms with Gasteiger partial charge in [0.25, 0.3) is 0 Å². The van der Waals surface area contributed by atoms with E-state index in [0.717, 1.165) is 0 Å². The molecule has 98 valence electrons. The molecule has 0 radical (unpaired) electrons. The zero-order chi connectivity index (χ0) is 13.6. The van der Waals surface area contributed by atoms with E-state index in [9.17, 15) is 9.18 Å². The van der Waals surface area contributed by atoms with Crippen LogP contribution in [0.1, 0.15) is 39.2 Å². The van der Waals surface area contributed by atoms with E-state index in [1.165, 1.54) is 18.2 Å². The Balaban J connectivity index is 2.32. The summed E-state index contributed by atoms with van der Waals surface area (Å²) < 4.78 is 18.7. The highest BCUT2D eigenvalue weighted by atomic mass is 19.1. The van der Waals surface area contributed by atoms with Crippen molar-refractivity contribution in [2.45, 2.75) is 44.6 Å². The predicted molar refractivity (Wildman–Crippen MR) is 67.6 cm³/mol. The van der Waals surface area contributed by atoms with E-state index in [1.54, 1.807) is 0 Å². The number of anilines is 1. The third-order valence-corrected chi connectivity index (χ3v) is 3.07. The fraction of sp³-hybridized carbons (Fsp3) is 0.500. The van der Waals surface area contributed by atoms with Crippen molar-refractivity contribution in [3.63, 3.8) is 0 Å². The molecule has 2 rings (SSSR count). The summed E-state index contributed by atoms with van der Waals surface area (Å²) in [5.74, 6) is -0.693. The summed E-state index contributed by atoms with van der Waals surface area (Å²) in [6, 6.07) is 4.13. The van der Waals surface area contributed by atoms with E-state index in [2.05, 4.69) is 0 Å². The molecule has 1 aliphatic rings. The highest BCUT2D eigenvalue weighted by Crippen LogP contribution is 2.51. The standard InChI is InChI=1S/C14H18FNO2/c1-13(2,3)18-12(17)14(6-7-14)10-8-9(15)4-5-11(10)16/h4-5,8H,6-7,16H2,1-3H3. The maximum Gasteiger partial charge on any atom is 0.317 e. The number of halogens is 1. The quantitative estimate of drug-likeness (QED) is 0.649. The third kappa shape index (κ3) is 2.33. The molecule has 0 spiro atoms. The lowest BCUT2D eigenvalue weighted by Gasteiger charge is -2.24. The molecule has 0 unspecified atom stereocenters. The van der Waals surface area contributed by atoms with Crippen LogP contribution in [0.15, 0.2) is 18.2 Å². The van der Waals surface area contributed by atoms with E-state index >= 15 is 0 Å². The molecule has 0 bridgehead atoms. The van der Waals surface area contributed by atoms with Gasteiger partial charge in [-0.2, -0.15) is 0 Å². The molecule has 1 saturated carbocycles. The lowest BCUT2D eigenvalue weighted by Crippen LogP contribution is -2.32. The lowest BCUT2D eigenvalue weighted by molar-refractivity contribution is -0.158. The number of nitrogen functional groups attached to an aromatic ring is 1. The van der Waals surface area contributed by atoms with Crippen molar-refractivity contribution in [3.8, 4) is 0 Å². The summed E-state index contributed by atoms with van der Waals surface area (Å²) in [5, 5.41) is 0. The maximum absolute atomic E-state index is 13.3. The second kappa shape index (κ2) is 3.97. The SMILES string of the molecule is CC(C)(C)OC(=O)C1(c2cc(F)ccc2N)CC1. The molecule has 1 aromatic rings. The van der Waals surface area contributed by atoms with E-state index in [4.69, 9.17) is 10.5 Å². The predicted octanol–water partition coefficient (Wildman–Crippen LogP) is 2.78. The van der Waals surface area contributed by atoms with E-state index < -0.39 is 11.0 Å². The molecule has 1 aromatic carbocycles. The number of ether oxygens (including phenoxy) is 1. The zero-order valence-electron chi connectivity index (χ0n) is 10.9. The van der Waals surface area contributed by atoms with Crippen LogP contribution in [-0.2, 0) is 14.9 Å². The van der Waals surface area contributed by atoms with Gasteiger partial charge in [0.05, 0.1) is 5.41 Å². The van der Waals surface area contributed by atoms with Crippen molar-refractivity contribution in [3.05, 3.63) is 29.6 Å². The highest BCUT2D eigenvalue weighted by Gasteiger charge is 2.54. The number of hydrogen-bond donors (Lipinski definition) is 1. The zero-order valence-corrected chi connectivity index (χ0v) is 10.9. The Labute approximate surface area is 106 Å². The molecular weight excluding hydrogens is 233 g/mol. The van der Waals surface area contributed by atoms with Crippen molar-refractivity contribution in [2.24, 2.45) is 0 Å². The smallest absolute Gasteiger partial charge is 0.317 e. The Hall–Kier alpha value is -1.58. The first-order valence-corrected chi connectivity index (χ1v) is 6.04. The van der Waals surface area contributed by atoms with Crippen LogP contribution in [0.4, 0.5) is 10.1 Å². The summed E-state index contributed by atoms with van der Waals surface area (Å²) >= 11 is 0. The highest BCUT2D eigenvalue weighted by molar-refractivity contribution is 5.88. The number of hydrogen-bond acceptors (Lipinski definition) is 3. The maximum atomic E-state index is 13.3. The first-order chi connectivity index (χ1) is 8.24. The van der Waals surface area contributed by atoms with Gasteiger partial charge in [-0.15, -0.1) is 0 Å². The van der Waals surface area contributed by atoms with E-state index in [0.29, 0.717) is 24.1 Å². The number of nitrogens with two attached hydrogens (primary N) is 1. The van der Waals surface area contributed by atoms with E-state index in [-0.39, 0.29) is 11.8 Å². The fourth-order valence-corrected chi connectivity index (χ4v) is 2.03. The van der Waals surface area contributed by atoms with Gasteiger partial charge in [-0.1, -0.05) is 0 Å². The summed E-state index contributed by atoms with van der Waals surface area (Å²) in [4.78, 5) is 12.2. The minimum absolute atomic E-state index is 0.313. The molecule has 0 atom stereocenters. The Morgan fingerprint density at radius 1 is 1.39 bits per heavy atom. The van der Waals surface area contributed by atoms with Crippen LogP contribution in [0.25, 0.3) is 0 Å². The summed E-state index contributed by atoms with van der Waals surface area (Å²) in [5.41, 5.74) is 5.56.